The quantitative estimate of drug-likeness (QED) is 0.661. The highest BCUT2D eigenvalue weighted by Crippen LogP contribution is 2.50. The third kappa shape index (κ3) is 1.19. The Balaban J connectivity index is 2.28. The van der Waals surface area contributed by atoms with Crippen molar-refractivity contribution in [2.45, 2.75) is 26.2 Å². The van der Waals surface area contributed by atoms with Gasteiger partial charge in [-0.3, -0.25) is 9.48 Å². The first-order valence-electron chi connectivity index (χ1n) is 4.72. The molecule has 0 aromatic carbocycles. The fourth-order valence-corrected chi connectivity index (χ4v) is 1.76. The van der Waals surface area contributed by atoms with Crippen molar-refractivity contribution in [2.75, 3.05) is 0 Å². The fraction of sp³-hybridized carbons (Fsp3) is 0.600. The molecule has 0 amide bonds. The van der Waals surface area contributed by atoms with Crippen LogP contribution in [0.2, 0.25) is 0 Å². The summed E-state index contributed by atoms with van der Waals surface area (Å²) in [5, 5.41) is 4.01. The summed E-state index contributed by atoms with van der Waals surface area (Å²) in [5.74, 6) is 0.273. The molecule has 0 spiro atoms. The summed E-state index contributed by atoms with van der Waals surface area (Å²) in [4.78, 5) is 12.0. The first kappa shape index (κ1) is 8.48. The number of carbonyl (C=O) groups is 1. The Hall–Kier alpha value is -1.12. The molecule has 1 heterocycles. The molecule has 1 aliphatic rings. The zero-order chi connectivity index (χ0) is 9.47. The molecule has 1 fully saturated rings. The van der Waals surface area contributed by atoms with Crippen LogP contribution in [0, 0.1) is 5.41 Å². The van der Waals surface area contributed by atoms with E-state index in [4.69, 9.17) is 0 Å². The average molecular weight is 178 g/mol. The monoisotopic (exact) mass is 178 g/mol. The van der Waals surface area contributed by atoms with Crippen LogP contribution in [0.4, 0.5) is 0 Å². The van der Waals surface area contributed by atoms with E-state index in [0.29, 0.717) is 0 Å². The number of aromatic nitrogens is 2. The van der Waals surface area contributed by atoms with E-state index in [9.17, 15) is 4.79 Å². The Morgan fingerprint density at radius 3 is 2.77 bits per heavy atom. The van der Waals surface area contributed by atoms with Crippen LogP contribution in [0.5, 0.6) is 0 Å². The number of aryl methyl sites for hydroxylation is 1. The minimum atomic E-state index is -0.0339. The van der Waals surface area contributed by atoms with Crippen molar-refractivity contribution >= 4 is 5.78 Å². The number of hydrogen-bond donors (Lipinski definition) is 0. The number of nitrogens with zero attached hydrogens (tertiary/aromatic N) is 2. The standard InChI is InChI=1S/C10H14N2O/c1-3-10(5-6-10)9(13)8-4-7-11-12(8)2/h4,7H,3,5-6H2,1-2H3. The van der Waals surface area contributed by atoms with Crippen LogP contribution in [0.25, 0.3) is 0 Å². The lowest BCUT2D eigenvalue weighted by Crippen LogP contribution is -2.18. The van der Waals surface area contributed by atoms with Gasteiger partial charge in [0.05, 0.1) is 0 Å². The van der Waals surface area contributed by atoms with Gasteiger partial charge in [0.25, 0.3) is 0 Å². The van der Waals surface area contributed by atoms with Gasteiger partial charge in [-0.2, -0.15) is 5.10 Å². The van der Waals surface area contributed by atoms with E-state index >= 15 is 0 Å². The predicted octanol–water partition coefficient (Wildman–Crippen LogP) is 1.79. The van der Waals surface area contributed by atoms with Gasteiger partial charge in [-0.15, -0.1) is 0 Å². The summed E-state index contributed by atoms with van der Waals surface area (Å²) in [6, 6.07) is 1.80. The summed E-state index contributed by atoms with van der Waals surface area (Å²) >= 11 is 0. The maximum atomic E-state index is 12.0. The number of rotatable bonds is 3. The fourth-order valence-electron chi connectivity index (χ4n) is 1.76. The van der Waals surface area contributed by atoms with Crippen LogP contribution in [0.15, 0.2) is 12.3 Å². The van der Waals surface area contributed by atoms with E-state index < -0.39 is 0 Å². The van der Waals surface area contributed by atoms with E-state index in [1.165, 1.54) is 0 Å². The molecule has 1 aromatic rings. The van der Waals surface area contributed by atoms with Gasteiger partial charge < -0.3 is 0 Å². The van der Waals surface area contributed by atoms with Crippen molar-refractivity contribution in [3.8, 4) is 0 Å². The van der Waals surface area contributed by atoms with E-state index in [-0.39, 0.29) is 11.2 Å². The largest absolute Gasteiger partial charge is 0.292 e. The second-order valence-electron chi connectivity index (χ2n) is 3.80. The molecule has 0 N–H and O–H groups in total. The van der Waals surface area contributed by atoms with Gasteiger partial charge >= 0.3 is 0 Å². The summed E-state index contributed by atoms with van der Waals surface area (Å²) in [6.07, 6.45) is 4.73. The maximum Gasteiger partial charge on any atom is 0.186 e. The lowest BCUT2D eigenvalue weighted by molar-refractivity contribution is 0.0886. The number of Topliss-reactive ketones (excluding diaryl/α,β-unsaturated/α-hetero) is 1. The third-order valence-electron chi connectivity index (χ3n) is 3.07. The highest BCUT2D eigenvalue weighted by Gasteiger charge is 2.48. The predicted molar refractivity (Wildman–Crippen MR) is 49.5 cm³/mol. The van der Waals surface area contributed by atoms with Crippen LogP contribution in [-0.2, 0) is 7.05 Å². The molecule has 13 heavy (non-hydrogen) atoms. The molecule has 3 nitrogen and oxygen atoms in total. The lowest BCUT2D eigenvalue weighted by atomic mass is 9.95. The van der Waals surface area contributed by atoms with Crippen LogP contribution in [0.1, 0.15) is 36.7 Å². The van der Waals surface area contributed by atoms with Crippen molar-refractivity contribution in [3.63, 3.8) is 0 Å². The van der Waals surface area contributed by atoms with Crippen molar-refractivity contribution in [2.24, 2.45) is 12.5 Å². The van der Waals surface area contributed by atoms with E-state index in [0.717, 1.165) is 25.0 Å². The normalized spacial score (nSPS) is 18.6. The number of hydrogen-bond acceptors (Lipinski definition) is 2. The molecule has 0 unspecified atom stereocenters. The smallest absolute Gasteiger partial charge is 0.186 e. The summed E-state index contributed by atoms with van der Waals surface area (Å²) in [7, 11) is 1.82. The Morgan fingerprint density at radius 1 is 1.69 bits per heavy atom. The minimum absolute atomic E-state index is 0.0339. The second-order valence-corrected chi connectivity index (χ2v) is 3.80. The Labute approximate surface area is 77.7 Å². The molecule has 0 aliphatic heterocycles. The van der Waals surface area contributed by atoms with E-state index in [1.807, 2.05) is 7.05 Å². The van der Waals surface area contributed by atoms with Gasteiger partial charge in [-0.1, -0.05) is 6.92 Å². The highest BCUT2D eigenvalue weighted by molar-refractivity contribution is 6.00. The Morgan fingerprint density at radius 2 is 2.38 bits per heavy atom. The number of ketones is 1. The van der Waals surface area contributed by atoms with Gasteiger partial charge in [0.2, 0.25) is 0 Å². The molecule has 0 atom stereocenters. The molecule has 3 heteroatoms. The zero-order valence-electron chi connectivity index (χ0n) is 8.08. The van der Waals surface area contributed by atoms with Crippen LogP contribution < -0.4 is 0 Å². The van der Waals surface area contributed by atoms with Crippen molar-refractivity contribution < 1.29 is 4.79 Å². The Bertz CT molecular complexity index is 336. The minimum Gasteiger partial charge on any atom is -0.292 e. The zero-order valence-corrected chi connectivity index (χ0v) is 8.08. The molecule has 1 saturated carbocycles. The van der Waals surface area contributed by atoms with Gasteiger partial charge in [-0.05, 0) is 25.3 Å². The molecule has 0 bridgehead atoms. The van der Waals surface area contributed by atoms with Crippen molar-refractivity contribution in [1.82, 2.24) is 9.78 Å². The van der Waals surface area contributed by atoms with Gasteiger partial charge in [0.15, 0.2) is 5.78 Å². The molecular weight excluding hydrogens is 164 g/mol. The first-order valence-corrected chi connectivity index (χ1v) is 4.72. The van der Waals surface area contributed by atoms with Crippen LogP contribution in [-0.4, -0.2) is 15.6 Å². The summed E-state index contributed by atoms with van der Waals surface area (Å²) < 4.78 is 1.66. The summed E-state index contributed by atoms with van der Waals surface area (Å²) in [6.45, 7) is 2.08. The third-order valence-corrected chi connectivity index (χ3v) is 3.07. The molecular formula is C10H14N2O. The Kier molecular flexibility index (Phi) is 1.75. The van der Waals surface area contributed by atoms with Gasteiger partial charge in [0.1, 0.15) is 5.69 Å². The number of carbonyl (C=O) groups excluding carboxylic acids is 1. The van der Waals surface area contributed by atoms with Gasteiger partial charge in [-0.25, -0.2) is 0 Å². The van der Waals surface area contributed by atoms with Crippen LogP contribution >= 0.6 is 0 Å². The first-order chi connectivity index (χ1) is 6.19. The van der Waals surface area contributed by atoms with E-state index in [1.54, 1.807) is 16.9 Å². The second kappa shape index (κ2) is 2.69. The van der Waals surface area contributed by atoms with Crippen LogP contribution in [0.3, 0.4) is 0 Å². The molecule has 2 rings (SSSR count). The molecule has 70 valence electrons. The average Bonchev–Trinajstić information content (AvgIpc) is 2.83. The SMILES string of the molecule is CCC1(C(=O)c2ccnn2C)CC1. The summed E-state index contributed by atoms with van der Waals surface area (Å²) in [5.41, 5.74) is 0.715. The molecule has 1 aliphatic carbocycles. The highest BCUT2D eigenvalue weighted by atomic mass is 16.1. The molecule has 1 aromatic heterocycles. The van der Waals surface area contributed by atoms with Crippen molar-refractivity contribution in [1.29, 1.82) is 0 Å². The van der Waals surface area contributed by atoms with Crippen molar-refractivity contribution in [3.05, 3.63) is 18.0 Å². The van der Waals surface area contributed by atoms with E-state index in [2.05, 4.69) is 12.0 Å². The lowest BCUT2D eigenvalue weighted by Gasteiger charge is -2.10. The topological polar surface area (TPSA) is 34.9 Å². The maximum absolute atomic E-state index is 12.0. The van der Waals surface area contributed by atoms with Gasteiger partial charge in [0, 0.05) is 18.7 Å². The molecule has 0 radical (unpaired) electrons. The molecule has 0 saturated heterocycles.